The summed E-state index contributed by atoms with van der Waals surface area (Å²) in [5.41, 5.74) is 5.91. The van der Waals surface area contributed by atoms with E-state index in [4.69, 9.17) is 10.5 Å². The summed E-state index contributed by atoms with van der Waals surface area (Å²) in [5, 5.41) is 0. The van der Waals surface area contributed by atoms with Gasteiger partial charge in [-0.15, -0.1) is 12.4 Å². The molecule has 5 heteroatoms. The van der Waals surface area contributed by atoms with Crippen LogP contribution < -0.4 is 5.73 Å². The maximum absolute atomic E-state index is 12.0. The first-order valence-corrected chi connectivity index (χ1v) is 6.76. The second kappa shape index (κ2) is 9.59. The molecule has 1 fully saturated rings. The van der Waals surface area contributed by atoms with Crippen molar-refractivity contribution in [2.75, 3.05) is 26.3 Å². The zero-order chi connectivity index (χ0) is 12.7. The topological polar surface area (TPSA) is 55.6 Å². The summed E-state index contributed by atoms with van der Waals surface area (Å²) in [7, 11) is 0. The Bertz CT molecular complexity index is 237. The van der Waals surface area contributed by atoms with Gasteiger partial charge in [-0.1, -0.05) is 0 Å². The Morgan fingerprint density at radius 1 is 1.56 bits per heavy atom. The zero-order valence-corrected chi connectivity index (χ0v) is 12.4. The Morgan fingerprint density at radius 2 is 2.28 bits per heavy atom. The molecule has 0 aliphatic carbocycles. The third kappa shape index (κ3) is 6.03. The van der Waals surface area contributed by atoms with Crippen LogP contribution in [0.5, 0.6) is 0 Å². The summed E-state index contributed by atoms with van der Waals surface area (Å²) in [6, 6.07) is 0.189. The summed E-state index contributed by atoms with van der Waals surface area (Å²) < 4.78 is 5.24. The Hall–Kier alpha value is -0.320. The first-order chi connectivity index (χ1) is 8.15. The number of halogens is 1. The van der Waals surface area contributed by atoms with Crippen molar-refractivity contribution in [2.24, 2.45) is 11.7 Å². The summed E-state index contributed by atoms with van der Waals surface area (Å²) in [6.45, 7) is 7.16. The monoisotopic (exact) mass is 278 g/mol. The molecule has 18 heavy (non-hydrogen) atoms. The molecule has 1 heterocycles. The Balaban J connectivity index is 0.00000289. The molecule has 1 rings (SSSR count). The molecular weight excluding hydrogens is 252 g/mol. The number of nitrogens with zero attached hydrogens (tertiary/aromatic N) is 1. The van der Waals surface area contributed by atoms with Crippen molar-refractivity contribution in [3.8, 4) is 0 Å². The van der Waals surface area contributed by atoms with Gasteiger partial charge in [-0.2, -0.15) is 0 Å². The van der Waals surface area contributed by atoms with Crippen LogP contribution in [-0.4, -0.2) is 43.2 Å². The van der Waals surface area contributed by atoms with E-state index in [0.717, 1.165) is 39.0 Å². The van der Waals surface area contributed by atoms with Crippen LogP contribution >= 0.6 is 12.4 Å². The number of carbonyl (C=O) groups is 1. The molecule has 0 aromatic rings. The molecule has 2 atom stereocenters. The second-order valence-corrected chi connectivity index (χ2v) is 4.90. The number of likely N-dealkylation sites (tertiary alicyclic amines) is 1. The fourth-order valence-corrected chi connectivity index (χ4v) is 2.29. The van der Waals surface area contributed by atoms with Gasteiger partial charge in [-0.25, -0.2) is 0 Å². The van der Waals surface area contributed by atoms with Crippen molar-refractivity contribution < 1.29 is 9.53 Å². The molecular formula is C13H27ClN2O2. The van der Waals surface area contributed by atoms with Crippen molar-refractivity contribution in [2.45, 2.75) is 45.6 Å². The van der Waals surface area contributed by atoms with Crippen LogP contribution in [0.15, 0.2) is 0 Å². The number of piperidine rings is 1. The first-order valence-electron chi connectivity index (χ1n) is 6.76. The summed E-state index contributed by atoms with van der Waals surface area (Å²) >= 11 is 0. The van der Waals surface area contributed by atoms with Crippen molar-refractivity contribution in [3.63, 3.8) is 0 Å². The number of rotatable bonds is 6. The molecule has 2 unspecified atom stereocenters. The van der Waals surface area contributed by atoms with Crippen LogP contribution in [0.2, 0.25) is 0 Å². The third-order valence-electron chi connectivity index (χ3n) is 3.44. The van der Waals surface area contributed by atoms with Crippen molar-refractivity contribution in [1.82, 2.24) is 4.90 Å². The molecule has 1 aliphatic rings. The van der Waals surface area contributed by atoms with E-state index >= 15 is 0 Å². The van der Waals surface area contributed by atoms with Gasteiger partial charge in [-0.05, 0) is 39.0 Å². The molecule has 0 spiro atoms. The number of hydrogen-bond acceptors (Lipinski definition) is 3. The van der Waals surface area contributed by atoms with Crippen molar-refractivity contribution in [1.29, 1.82) is 0 Å². The number of hydrogen-bond donors (Lipinski definition) is 1. The summed E-state index contributed by atoms with van der Waals surface area (Å²) in [4.78, 5) is 13.9. The Labute approximate surface area is 117 Å². The van der Waals surface area contributed by atoms with E-state index in [2.05, 4.69) is 0 Å². The van der Waals surface area contributed by atoms with Gasteiger partial charge >= 0.3 is 0 Å². The number of carbonyl (C=O) groups excluding carboxylic acids is 1. The minimum Gasteiger partial charge on any atom is -0.382 e. The zero-order valence-electron chi connectivity index (χ0n) is 11.6. The van der Waals surface area contributed by atoms with Gasteiger partial charge < -0.3 is 15.4 Å². The van der Waals surface area contributed by atoms with Gasteiger partial charge in [0.2, 0.25) is 5.91 Å². The van der Waals surface area contributed by atoms with E-state index in [1.54, 1.807) is 0 Å². The van der Waals surface area contributed by atoms with E-state index in [9.17, 15) is 4.79 Å². The fraction of sp³-hybridized carbons (Fsp3) is 0.923. The van der Waals surface area contributed by atoms with E-state index in [1.807, 2.05) is 18.7 Å². The standard InChI is InChI=1S/C13H26N2O2.ClH/c1-3-17-9-5-7-13(16)15-8-4-6-12(10-15)11(2)14;/h11-12H,3-10,14H2,1-2H3;1H. The SMILES string of the molecule is CCOCCCC(=O)N1CCCC(C(C)N)C1.Cl. The quantitative estimate of drug-likeness (QED) is 0.754. The lowest BCUT2D eigenvalue weighted by Crippen LogP contribution is -2.45. The minimum atomic E-state index is 0. The van der Waals surface area contributed by atoms with E-state index in [-0.39, 0.29) is 24.4 Å². The maximum Gasteiger partial charge on any atom is 0.222 e. The van der Waals surface area contributed by atoms with E-state index in [0.29, 0.717) is 18.9 Å². The first kappa shape index (κ1) is 17.7. The molecule has 4 nitrogen and oxygen atoms in total. The average Bonchev–Trinajstić information content (AvgIpc) is 2.34. The molecule has 0 saturated carbocycles. The van der Waals surface area contributed by atoms with Gasteiger partial charge in [-0.3, -0.25) is 4.79 Å². The molecule has 0 aromatic heterocycles. The average molecular weight is 279 g/mol. The van der Waals surface area contributed by atoms with Crippen molar-refractivity contribution in [3.05, 3.63) is 0 Å². The van der Waals surface area contributed by atoms with Crippen LogP contribution in [0.4, 0.5) is 0 Å². The third-order valence-corrected chi connectivity index (χ3v) is 3.44. The van der Waals surface area contributed by atoms with Gasteiger partial charge in [0.25, 0.3) is 0 Å². The number of ether oxygens (including phenoxy) is 1. The van der Waals surface area contributed by atoms with E-state index in [1.165, 1.54) is 0 Å². The van der Waals surface area contributed by atoms with Crippen LogP contribution in [0.1, 0.15) is 39.5 Å². The van der Waals surface area contributed by atoms with Gasteiger partial charge in [0.05, 0.1) is 0 Å². The van der Waals surface area contributed by atoms with Gasteiger partial charge in [0.1, 0.15) is 0 Å². The number of nitrogens with two attached hydrogens (primary N) is 1. The molecule has 2 N–H and O–H groups in total. The smallest absolute Gasteiger partial charge is 0.222 e. The molecule has 108 valence electrons. The molecule has 0 bridgehead atoms. The highest BCUT2D eigenvalue weighted by molar-refractivity contribution is 5.85. The Morgan fingerprint density at radius 3 is 2.89 bits per heavy atom. The molecule has 1 amide bonds. The van der Waals surface area contributed by atoms with Crippen LogP contribution in [0, 0.1) is 5.92 Å². The normalized spacial score (nSPS) is 21.3. The van der Waals surface area contributed by atoms with Crippen LogP contribution in [0.3, 0.4) is 0 Å². The number of amides is 1. The summed E-state index contributed by atoms with van der Waals surface area (Å²) in [5.74, 6) is 0.731. The highest BCUT2D eigenvalue weighted by Crippen LogP contribution is 2.19. The highest BCUT2D eigenvalue weighted by atomic mass is 35.5. The van der Waals surface area contributed by atoms with Crippen LogP contribution in [0.25, 0.3) is 0 Å². The lowest BCUT2D eigenvalue weighted by molar-refractivity contribution is -0.133. The molecule has 0 aromatic carbocycles. The fourth-order valence-electron chi connectivity index (χ4n) is 2.29. The van der Waals surface area contributed by atoms with Crippen molar-refractivity contribution >= 4 is 18.3 Å². The predicted molar refractivity (Wildman–Crippen MR) is 75.9 cm³/mol. The van der Waals surface area contributed by atoms with E-state index < -0.39 is 0 Å². The Kier molecular flexibility index (Phi) is 9.42. The lowest BCUT2D eigenvalue weighted by Gasteiger charge is -2.34. The maximum atomic E-state index is 12.0. The lowest BCUT2D eigenvalue weighted by atomic mass is 9.92. The van der Waals surface area contributed by atoms with Gasteiger partial charge in [0, 0.05) is 38.8 Å². The minimum absolute atomic E-state index is 0. The molecule has 1 saturated heterocycles. The second-order valence-electron chi connectivity index (χ2n) is 4.90. The van der Waals surface area contributed by atoms with Gasteiger partial charge in [0.15, 0.2) is 0 Å². The predicted octanol–water partition coefficient (Wildman–Crippen LogP) is 1.81. The highest BCUT2D eigenvalue weighted by Gasteiger charge is 2.25. The summed E-state index contributed by atoms with van der Waals surface area (Å²) in [6.07, 6.45) is 3.67. The molecule has 1 aliphatic heterocycles. The van der Waals surface area contributed by atoms with Crippen LogP contribution in [-0.2, 0) is 9.53 Å². The largest absolute Gasteiger partial charge is 0.382 e. The molecule has 0 radical (unpaired) electrons.